The highest BCUT2D eigenvalue weighted by Gasteiger charge is 2.25. The van der Waals surface area contributed by atoms with Crippen LogP contribution in [0.5, 0.6) is 5.75 Å². The standard InChI is InChI=1S/C16H15FN4O2/c17-12-3-1-2-4-13(12)22-10-14-19-16(23-20-14)11-5-7-21-8-6-18-15(21)9-11/h1-4,6,8,11H,5,7,9-10H2. The molecule has 7 heteroatoms. The lowest BCUT2D eigenvalue weighted by atomic mass is 9.98. The summed E-state index contributed by atoms with van der Waals surface area (Å²) >= 11 is 0. The second kappa shape index (κ2) is 5.83. The van der Waals surface area contributed by atoms with Crippen molar-refractivity contribution in [3.63, 3.8) is 0 Å². The van der Waals surface area contributed by atoms with Crippen LogP contribution in [-0.2, 0) is 19.6 Å². The first-order valence-corrected chi connectivity index (χ1v) is 7.49. The van der Waals surface area contributed by atoms with E-state index < -0.39 is 5.82 Å². The van der Waals surface area contributed by atoms with E-state index in [1.165, 1.54) is 6.07 Å². The Kier molecular flexibility index (Phi) is 3.53. The summed E-state index contributed by atoms with van der Waals surface area (Å²) in [6.07, 6.45) is 5.49. The fraction of sp³-hybridized carbons (Fsp3) is 0.312. The smallest absolute Gasteiger partial charge is 0.230 e. The molecule has 0 saturated carbocycles. The van der Waals surface area contributed by atoms with Gasteiger partial charge in [0.25, 0.3) is 0 Å². The molecular weight excluding hydrogens is 299 g/mol. The highest BCUT2D eigenvalue weighted by molar-refractivity contribution is 5.23. The minimum atomic E-state index is -0.407. The number of fused-ring (bicyclic) bond motifs is 1. The molecule has 4 rings (SSSR count). The van der Waals surface area contributed by atoms with Crippen molar-refractivity contribution in [3.05, 3.63) is 60.0 Å². The highest BCUT2D eigenvalue weighted by Crippen LogP contribution is 2.27. The number of imidazole rings is 1. The molecule has 1 atom stereocenters. The Morgan fingerprint density at radius 3 is 3.17 bits per heavy atom. The summed E-state index contributed by atoms with van der Waals surface area (Å²) in [5.74, 6) is 1.97. The van der Waals surface area contributed by atoms with Crippen LogP contribution in [0.4, 0.5) is 4.39 Å². The molecule has 0 N–H and O–H groups in total. The summed E-state index contributed by atoms with van der Waals surface area (Å²) in [5.41, 5.74) is 0. The van der Waals surface area contributed by atoms with Crippen LogP contribution in [0.2, 0.25) is 0 Å². The van der Waals surface area contributed by atoms with Gasteiger partial charge < -0.3 is 13.8 Å². The van der Waals surface area contributed by atoms with Crippen LogP contribution in [0, 0.1) is 5.82 Å². The molecule has 23 heavy (non-hydrogen) atoms. The van der Waals surface area contributed by atoms with Crippen molar-refractivity contribution in [1.29, 1.82) is 0 Å². The second-order valence-electron chi connectivity index (χ2n) is 5.49. The quantitative estimate of drug-likeness (QED) is 0.741. The Balaban J connectivity index is 1.42. The van der Waals surface area contributed by atoms with Gasteiger partial charge in [0.1, 0.15) is 5.82 Å². The van der Waals surface area contributed by atoms with Gasteiger partial charge in [0.15, 0.2) is 18.2 Å². The number of aromatic nitrogens is 4. The molecule has 6 nitrogen and oxygen atoms in total. The number of rotatable bonds is 4. The summed E-state index contributed by atoms with van der Waals surface area (Å²) in [7, 11) is 0. The molecule has 1 aliphatic rings. The third kappa shape index (κ3) is 2.81. The van der Waals surface area contributed by atoms with Gasteiger partial charge in [0.05, 0.1) is 0 Å². The molecule has 1 aromatic carbocycles. The minimum absolute atomic E-state index is 0.0752. The fourth-order valence-electron chi connectivity index (χ4n) is 2.76. The second-order valence-corrected chi connectivity index (χ2v) is 5.49. The summed E-state index contributed by atoms with van der Waals surface area (Å²) in [6, 6.07) is 6.24. The SMILES string of the molecule is Fc1ccccc1OCc1noc(C2CCn3ccnc3C2)n1. The van der Waals surface area contributed by atoms with E-state index in [9.17, 15) is 4.39 Å². The van der Waals surface area contributed by atoms with Gasteiger partial charge >= 0.3 is 0 Å². The molecule has 0 saturated heterocycles. The van der Waals surface area contributed by atoms with Crippen LogP contribution < -0.4 is 4.74 Å². The van der Waals surface area contributed by atoms with E-state index in [0.717, 1.165) is 25.2 Å². The lowest BCUT2D eigenvalue weighted by Crippen LogP contribution is -2.18. The Hall–Kier alpha value is -2.70. The lowest BCUT2D eigenvalue weighted by Gasteiger charge is -2.19. The van der Waals surface area contributed by atoms with Gasteiger partial charge in [-0.05, 0) is 18.6 Å². The summed E-state index contributed by atoms with van der Waals surface area (Å²) in [6.45, 7) is 0.967. The molecule has 3 aromatic rings. The van der Waals surface area contributed by atoms with Crippen LogP contribution in [0.25, 0.3) is 0 Å². The average molecular weight is 314 g/mol. The van der Waals surface area contributed by atoms with E-state index >= 15 is 0 Å². The average Bonchev–Trinajstić information content (AvgIpc) is 3.22. The highest BCUT2D eigenvalue weighted by atomic mass is 19.1. The number of aryl methyl sites for hydroxylation is 1. The Labute approximate surface area is 131 Å². The molecule has 3 heterocycles. The maximum Gasteiger partial charge on any atom is 0.230 e. The molecule has 2 aromatic heterocycles. The Morgan fingerprint density at radius 1 is 1.35 bits per heavy atom. The van der Waals surface area contributed by atoms with Crippen LogP contribution in [0.15, 0.2) is 41.2 Å². The molecule has 0 fully saturated rings. The zero-order valence-corrected chi connectivity index (χ0v) is 12.4. The zero-order chi connectivity index (χ0) is 15.6. The van der Waals surface area contributed by atoms with Crippen LogP contribution in [0.3, 0.4) is 0 Å². The van der Waals surface area contributed by atoms with Gasteiger partial charge in [-0.2, -0.15) is 4.98 Å². The number of halogens is 1. The molecule has 0 amide bonds. The first-order valence-electron chi connectivity index (χ1n) is 7.49. The van der Waals surface area contributed by atoms with Crippen molar-refractivity contribution in [1.82, 2.24) is 19.7 Å². The van der Waals surface area contributed by atoms with E-state index in [1.807, 2.05) is 6.20 Å². The number of para-hydroxylation sites is 1. The van der Waals surface area contributed by atoms with Crippen LogP contribution in [-0.4, -0.2) is 19.7 Å². The van der Waals surface area contributed by atoms with Crippen molar-refractivity contribution in [2.45, 2.75) is 31.9 Å². The zero-order valence-electron chi connectivity index (χ0n) is 12.4. The number of ether oxygens (including phenoxy) is 1. The molecule has 0 radical (unpaired) electrons. The number of nitrogens with zero attached hydrogens (tertiary/aromatic N) is 4. The maximum absolute atomic E-state index is 13.5. The van der Waals surface area contributed by atoms with Crippen molar-refractivity contribution >= 4 is 0 Å². The van der Waals surface area contributed by atoms with Gasteiger partial charge in [-0.1, -0.05) is 17.3 Å². The molecule has 0 spiro atoms. The van der Waals surface area contributed by atoms with Crippen molar-refractivity contribution in [2.75, 3.05) is 0 Å². The third-order valence-corrected chi connectivity index (χ3v) is 3.98. The minimum Gasteiger partial charge on any atom is -0.482 e. The summed E-state index contributed by atoms with van der Waals surface area (Å²) in [4.78, 5) is 8.71. The molecule has 1 aliphatic heterocycles. The van der Waals surface area contributed by atoms with Crippen LogP contribution >= 0.6 is 0 Å². The third-order valence-electron chi connectivity index (χ3n) is 3.98. The lowest BCUT2D eigenvalue weighted by molar-refractivity contribution is 0.270. The number of hydrogen-bond donors (Lipinski definition) is 0. The number of hydrogen-bond acceptors (Lipinski definition) is 5. The Morgan fingerprint density at radius 2 is 2.26 bits per heavy atom. The summed E-state index contributed by atoms with van der Waals surface area (Å²) in [5, 5.41) is 3.92. The summed E-state index contributed by atoms with van der Waals surface area (Å²) < 4.78 is 26.4. The van der Waals surface area contributed by atoms with E-state index in [4.69, 9.17) is 9.26 Å². The first kappa shape index (κ1) is 13.9. The van der Waals surface area contributed by atoms with Gasteiger partial charge in [0.2, 0.25) is 11.7 Å². The number of benzene rings is 1. The Bertz CT molecular complexity index is 814. The predicted octanol–water partition coefficient (Wildman–Crippen LogP) is 2.71. The monoisotopic (exact) mass is 314 g/mol. The first-order chi connectivity index (χ1) is 11.3. The van der Waals surface area contributed by atoms with Gasteiger partial charge in [0, 0.05) is 31.3 Å². The van der Waals surface area contributed by atoms with E-state index in [1.54, 1.807) is 24.4 Å². The predicted molar refractivity (Wildman–Crippen MR) is 78.3 cm³/mol. The fourth-order valence-corrected chi connectivity index (χ4v) is 2.76. The molecular formula is C16H15FN4O2. The maximum atomic E-state index is 13.5. The largest absolute Gasteiger partial charge is 0.482 e. The van der Waals surface area contributed by atoms with Crippen LogP contribution in [0.1, 0.15) is 29.9 Å². The van der Waals surface area contributed by atoms with Gasteiger partial charge in [-0.15, -0.1) is 0 Å². The van der Waals surface area contributed by atoms with E-state index in [2.05, 4.69) is 19.7 Å². The van der Waals surface area contributed by atoms with Crippen molar-refractivity contribution < 1.29 is 13.7 Å². The molecule has 118 valence electrons. The van der Waals surface area contributed by atoms with E-state index in [0.29, 0.717) is 11.7 Å². The normalized spacial score (nSPS) is 17.0. The topological polar surface area (TPSA) is 66.0 Å². The molecule has 0 bridgehead atoms. The molecule has 1 unspecified atom stereocenters. The van der Waals surface area contributed by atoms with Gasteiger partial charge in [-0.25, -0.2) is 9.37 Å². The van der Waals surface area contributed by atoms with Crippen molar-refractivity contribution in [3.8, 4) is 5.75 Å². The van der Waals surface area contributed by atoms with Crippen molar-refractivity contribution in [2.24, 2.45) is 0 Å². The molecule has 0 aliphatic carbocycles. The van der Waals surface area contributed by atoms with E-state index in [-0.39, 0.29) is 18.3 Å². The van der Waals surface area contributed by atoms with Gasteiger partial charge in [-0.3, -0.25) is 0 Å².